The number of anilines is 1. The van der Waals surface area contributed by atoms with Gasteiger partial charge in [-0.3, -0.25) is 4.79 Å². The largest absolute Gasteiger partial charge is 0.501 e. The van der Waals surface area contributed by atoms with E-state index in [1.54, 1.807) is 12.1 Å². The molecule has 0 N–H and O–H groups in total. The maximum Gasteiger partial charge on any atom is 0.501 e. The number of pyridine rings is 1. The third kappa shape index (κ3) is 3.74. The molecule has 0 unspecified atom stereocenters. The lowest BCUT2D eigenvalue weighted by atomic mass is 10.2. The number of hydrogen-bond donors (Lipinski definition) is 0. The van der Waals surface area contributed by atoms with E-state index in [1.807, 2.05) is 0 Å². The fourth-order valence-electron chi connectivity index (χ4n) is 2.60. The molecule has 1 aromatic carbocycles. The molecule has 1 aromatic heterocycles. The van der Waals surface area contributed by atoms with Crippen LogP contribution in [0.25, 0.3) is 0 Å². The molecular weight excluding hydrogens is 467 g/mol. The van der Waals surface area contributed by atoms with Gasteiger partial charge in [0.25, 0.3) is 15.7 Å². The van der Waals surface area contributed by atoms with Crippen LogP contribution in [0, 0.1) is 0 Å². The predicted octanol–water partition coefficient (Wildman–Crippen LogP) is 3.11. The van der Waals surface area contributed by atoms with E-state index in [9.17, 15) is 31.2 Å². The van der Waals surface area contributed by atoms with Crippen molar-refractivity contribution in [2.45, 2.75) is 16.9 Å². The maximum atomic E-state index is 12.6. The van der Waals surface area contributed by atoms with Crippen molar-refractivity contribution in [3.63, 3.8) is 0 Å². The Morgan fingerprint density at radius 2 is 1.75 bits per heavy atom. The number of halogens is 4. The number of alkyl halides is 3. The summed E-state index contributed by atoms with van der Waals surface area (Å²) in [6.45, 7) is -0.0931. The van der Waals surface area contributed by atoms with Crippen molar-refractivity contribution in [1.82, 2.24) is 9.88 Å². The Balaban J connectivity index is 1.82. The standard InChI is InChI=1S/C16H11BrF3N3O4S/c17-13-7-10(5-6-21-13)8-22-9-14(24)23(15(22)25)11-1-3-12(4-2-11)28(26,27)16(18,19)20/h1-7H,8-9H2. The van der Waals surface area contributed by atoms with Crippen LogP contribution in [0.15, 0.2) is 52.1 Å². The third-order valence-electron chi connectivity index (χ3n) is 3.91. The van der Waals surface area contributed by atoms with Gasteiger partial charge in [0.1, 0.15) is 11.1 Å². The fourth-order valence-corrected chi connectivity index (χ4v) is 3.77. The predicted molar refractivity (Wildman–Crippen MR) is 94.9 cm³/mol. The van der Waals surface area contributed by atoms with Crippen LogP contribution in [-0.2, 0) is 21.2 Å². The van der Waals surface area contributed by atoms with Crippen LogP contribution in [0.3, 0.4) is 0 Å². The van der Waals surface area contributed by atoms with Crippen LogP contribution >= 0.6 is 15.9 Å². The number of amides is 3. The van der Waals surface area contributed by atoms with Gasteiger partial charge in [-0.2, -0.15) is 13.2 Å². The summed E-state index contributed by atoms with van der Waals surface area (Å²) in [5.41, 5.74) is -4.74. The Hall–Kier alpha value is -2.47. The number of nitrogens with zero attached hydrogens (tertiary/aromatic N) is 3. The number of benzene rings is 1. The first kappa shape index (κ1) is 20.3. The second-order valence-corrected chi connectivity index (χ2v) is 8.55. The molecule has 0 atom stereocenters. The molecule has 0 spiro atoms. The molecule has 1 fully saturated rings. The zero-order valence-electron chi connectivity index (χ0n) is 13.9. The highest BCUT2D eigenvalue weighted by atomic mass is 79.9. The van der Waals surface area contributed by atoms with Crippen LogP contribution in [0.5, 0.6) is 0 Å². The lowest BCUT2D eigenvalue weighted by Gasteiger charge is -2.17. The lowest BCUT2D eigenvalue weighted by Crippen LogP contribution is -2.32. The average Bonchev–Trinajstić information content (AvgIpc) is 2.87. The van der Waals surface area contributed by atoms with Gasteiger partial charge in [-0.05, 0) is 57.9 Å². The Morgan fingerprint density at radius 1 is 1.11 bits per heavy atom. The zero-order chi connectivity index (χ0) is 20.7. The number of hydrogen-bond acceptors (Lipinski definition) is 5. The molecule has 0 saturated carbocycles. The van der Waals surface area contributed by atoms with Crippen molar-refractivity contribution in [3.8, 4) is 0 Å². The highest BCUT2D eigenvalue weighted by molar-refractivity contribution is 9.10. The number of sulfone groups is 1. The summed E-state index contributed by atoms with van der Waals surface area (Å²) in [6, 6.07) is 6.08. The molecule has 2 heterocycles. The number of carbonyl (C=O) groups excluding carboxylic acids is 2. The summed E-state index contributed by atoms with van der Waals surface area (Å²) in [4.78, 5) is 29.8. The van der Waals surface area contributed by atoms with Gasteiger partial charge < -0.3 is 4.90 Å². The summed E-state index contributed by atoms with van der Waals surface area (Å²) in [5.74, 6) is -0.579. The number of imide groups is 1. The van der Waals surface area contributed by atoms with E-state index in [1.165, 1.54) is 11.1 Å². The van der Waals surface area contributed by atoms with Crippen molar-refractivity contribution in [3.05, 3.63) is 52.8 Å². The molecule has 1 saturated heterocycles. The minimum Gasteiger partial charge on any atom is -0.310 e. The number of aromatic nitrogens is 1. The zero-order valence-corrected chi connectivity index (χ0v) is 16.3. The SMILES string of the molecule is O=C1CN(Cc2ccnc(Br)c2)C(=O)N1c1ccc(S(=O)(=O)C(F)(F)F)cc1. The van der Waals surface area contributed by atoms with Gasteiger partial charge in [0.15, 0.2) is 0 Å². The summed E-state index contributed by atoms with van der Waals surface area (Å²) < 4.78 is 61.2. The average molecular weight is 478 g/mol. The molecule has 0 radical (unpaired) electrons. The van der Waals surface area contributed by atoms with Gasteiger partial charge in [0.05, 0.1) is 10.6 Å². The third-order valence-corrected chi connectivity index (χ3v) is 5.85. The Labute approximate surface area is 165 Å². The molecule has 1 aliphatic rings. The fraction of sp³-hybridized carbons (Fsp3) is 0.188. The van der Waals surface area contributed by atoms with E-state index in [2.05, 4.69) is 20.9 Å². The van der Waals surface area contributed by atoms with Crippen LogP contribution in [0.4, 0.5) is 23.7 Å². The Kier molecular flexibility index (Phi) is 5.19. The number of urea groups is 1. The van der Waals surface area contributed by atoms with Crippen LogP contribution < -0.4 is 4.90 Å². The van der Waals surface area contributed by atoms with Gasteiger partial charge in [-0.1, -0.05) is 0 Å². The van der Waals surface area contributed by atoms with E-state index in [4.69, 9.17) is 0 Å². The molecule has 148 valence electrons. The van der Waals surface area contributed by atoms with Crippen molar-refractivity contribution in [1.29, 1.82) is 0 Å². The minimum absolute atomic E-state index is 0.0190. The summed E-state index contributed by atoms with van der Waals surface area (Å²) in [6.07, 6.45) is 1.53. The molecule has 1 aliphatic heterocycles. The van der Waals surface area contributed by atoms with Gasteiger partial charge in [0.2, 0.25) is 0 Å². The molecule has 28 heavy (non-hydrogen) atoms. The quantitative estimate of drug-likeness (QED) is 0.498. The van der Waals surface area contributed by atoms with Gasteiger partial charge in [-0.25, -0.2) is 23.1 Å². The molecule has 0 bridgehead atoms. The molecule has 7 nitrogen and oxygen atoms in total. The number of rotatable bonds is 4. The van der Waals surface area contributed by atoms with Gasteiger partial charge in [0, 0.05) is 12.7 Å². The monoisotopic (exact) mass is 477 g/mol. The second-order valence-electron chi connectivity index (χ2n) is 5.80. The van der Waals surface area contributed by atoms with E-state index in [0.717, 1.165) is 22.6 Å². The normalized spacial score (nSPS) is 15.4. The molecule has 12 heteroatoms. The smallest absolute Gasteiger partial charge is 0.310 e. The first-order valence-electron chi connectivity index (χ1n) is 7.64. The molecule has 2 aromatic rings. The molecule has 3 rings (SSSR count). The van der Waals surface area contributed by atoms with Crippen molar-refractivity contribution in [2.24, 2.45) is 0 Å². The Morgan fingerprint density at radius 3 is 2.32 bits per heavy atom. The second kappa shape index (κ2) is 7.17. The van der Waals surface area contributed by atoms with E-state index in [-0.39, 0.29) is 18.8 Å². The first-order valence-corrected chi connectivity index (χ1v) is 9.92. The highest BCUT2D eigenvalue weighted by Gasteiger charge is 2.47. The van der Waals surface area contributed by atoms with Crippen molar-refractivity contribution >= 4 is 43.4 Å². The van der Waals surface area contributed by atoms with E-state index >= 15 is 0 Å². The van der Waals surface area contributed by atoms with Crippen molar-refractivity contribution in [2.75, 3.05) is 11.4 Å². The molecule has 0 aliphatic carbocycles. The van der Waals surface area contributed by atoms with E-state index in [0.29, 0.717) is 16.7 Å². The molecular formula is C16H11BrF3N3O4S. The topological polar surface area (TPSA) is 87.7 Å². The summed E-state index contributed by atoms with van der Waals surface area (Å²) in [5, 5.41) is 0. The van der Waals surface area contributed by atoms with Gasteiger partial charge in [-0.15, -0.1) is 0 Å². The van der Waals surface area contributed by atoms with Crippen LogP contribution in [0.2, 0.25) is 0 Å². The number of carbonyl (C=O) groups is 2. The van der Waals surface area contributed by atoms with E-state index < -0.39 is 32.2 Å². The van der Waals surface area contributed by atoms with Crippen LogP contribution in [-0.4, -0.2) is 42.3 Å². The van der Waals surface area contributed by atoms with Crippen LogP contribution in [0.1, 0.15) is 5.56 Å². The minimum atomic E-state index is -5.51. The lowest BCUT2D eigenvalue weighted by molar-refractivity contribution is -0.116. The summed E-state index contributed by atoms with van der Waals surface area (Å²) >= 11 is 3.20. The maximum absolute atomic E-state index is 12.6. The molecule has 3 amide bonds. The van der Waals surface area contributed by atoms with Gasteiger partial charge >= 0.3 is 11.5 Å². The summed E-state index contributed by atoms with van der Waals surface area (Å²) in [7, 11) is -5.51. The Bertz CT molecular complexity index is 1040. The van der Waals surface area contributed by atoms with Crippen molar-refractivity contribution < 1.29 is 31.2 Å². The first-order chi connectivity index (χ1) is 13.0. The highest BCUT2D eigenvalue weighted by Crippen LogP contribution is 2.32.